The summed E-state index contributed by atoms with van der Waals surface area (Å²) in [6, 6.07) is 44.8. The fraction of sp³-hybridized carbons (Fsp3) is 0.163. The molecule has 15 heteroatoms. The smallest absolute Gasteiger partial charge is 0.456 e. The minimum Gasteiger partial charge on any atom is -0.456 e. The second kappa shape index (κ2) is 19.6. The van der Waals surface area contributed by atoms with Crippen molar-refractivity contribution >= 4 is 104 Å². The molecule has 0 spiro atoms. The highest BCUT2D eigenvalue weighted by atomic mass is 35.6. The first kappa shape index (κ1) is 42.6. The Hall–Kier alpha value is -5.03. The van der Waals surface area contributed by atoms with Crippen LogP contribution in [-0.2, 0) is 46.4 Å². The number of hydrogen-bond donors (Lipinski definition) is 1. The molecule has 2 atom stereocenters. The lowest BCUT2D eigenvalue weighted by Gasteiger charge is -2.49. The van der Waals surface area contributed by atoms with Crippen molar-refractivity contribution in [2.75, 3.05) is 13.2 Å². The molecular formula is C43H36Cl3N2O8PS. The fourth-order valence-corrected chi connectivity index (χ4v) is 12.0. The Morgan fingerprint density at radius 1 is 0.655 bits per heavy atom. The number of esters is 1. The molecule has 298 valence electrons. The van der Waals surface area contributed by atoms with Crippen LogP contribution in [0.4, 0.5) is 4.79 Å². The van der Waals surface area contributed by atoms with Gasteiger partial charge >= 0.3 is 12.1 Å². The van der Waals surface area contributed by atoms with Gasteiger partial charge in [0.25, 0.3) is 5.91 Å². The number of amides is 2. The molecule has 2 amide bonds. The minimum absolute atomic E-state index is 0.0149. The highest BCUT2D eigenvalue weighted by Crippen LogP contribution is 2.49. The van der Waals surface area contributed by atoms with Crippen LogP contribution in [-0.4, -0.2) is 67.8 Å². The van der Waals surface area contributed by atoms with E-state index >= 15 is 4.79 Å². The van der Waals surface area contributed by atoms with E-state index in [4.69, 9.17) is 49.0 Å². The molecule has 58 heavy (non-hydrogen) atoms. The highest BCUT2D eigenvalue weighted by Gasteiger charge is 2.55. The third-order valence-electron chi connectivity index (χ3n) is 8.85. The number of benzene rings is 5. The first-order valence-electron chi connectivity index (χ1n) is 17.8. The van der Waals surface area contributed by atoms with Gasteiger partial charge in [0, 0.05) is 6.89 Å². The van der Waals surface area contributed by atoms with Crippen molar-refractivity contribution in [3.8, 4) is 0 Å². The summed E-state index contributed by atoms with van der Waals surface area (Å²) in [5.41, 5.74) is 1.39. The van der Waals surface area contributed by atoms with Crippen molar-refractivity contribution in [2.45, 2.75) is 28.2 Å². The van der Waals surface area contributed by atoms with Gasteiger partial charge in [0.05, 0.1) is 6.42 Å². The molecule has 5 aromatic rings. The van der Waals surface area contributed by atoms with Crippen LogP contribution in [0.15, 0.2) is 152 Å². The normalized spacial score (nSPS) is 15.1. The first-order chi connectivity index (χ1) is 28.0. The Balaban J connectivity index is 1.51. The molecule has 1 saturated heterocycles. The predicted molar refractivity (Wildman–Crippen MR) is 229 cm³/mol. The molecule has 1 fully saturated rings. The van der Waals surface area contributed by atoms with E-state index in [1.54, 1.807) is 24.3 Å². The second-order valence-corrected chi connectivity index (χ2v) is 19.8. The number of ether oxygens (including phenoxy) is 3. The second-order valence-electron chi connectivity index (χ2n) is 12.8. The van der Waals surface area contributed by atoms with Crippen LogP contribution < -0.4 is 21.2 Å². The number of nitrogens with one attached hydrogen (secondary N) is 1. The molecule has 1 N–H and O–H groups in total. The summed E-state index contributed by atoms with van der Waals surface area (Å²) < 4.78 is 14.0. The van der Waals surface area contributed by atoms with E-state index in [1.807, 2.05) is 127 Å². The lowest BCUT2D eigenvalue weighted by Crippen LogP contribution is -2.72. The summed E-state index contributed by atoms with van der Waals surface area (Å²) in [6.07, 6.45) is -1.33. The fourth-order valence-electron chi connectivity index (χ4n) is 6.37. The van der Waals surface area contributed by atoms with Gasteiger partial charge in [0.15, 0.2) is 6.61 Å². The minimum atomic E-state index is -3.38. The summed E-state index contributed by atoms with van der Waals surface area (Å²) in [6.45, 7) is -4.95. The molecular weight excluding hydrogens is 842 g/mol. The van der Waals surface area contributed by atoms with E-state index in [9.17, 15) is 19.2 Å². The van der Waals surface area contributed by atoms with Gasteiger partial charge in [-0.15, -0.1) is 0 Å². The SMILES string of the molecule is O=C(Cc1ccccc1)N[C@H]1C(=O)N(C(C(=O)OCc2ccccc2)=P(c2ccccc2)(c2ccccc2)c2ccccc2)[C@H]1SC(=O)COC(=O)OCC(Cl)(Cl)Cl. The number of thioether (sulfide) groups is 1. The summed E-state index contributed by atoms with van der Waals surface area (Å²) in [5.74, 6) is -1.94. The quantitative estimate of drug-likeness (QED) is 0.0574. The van der Waals surface area contributed by atoms with E-state index < -0.39 is 64.4 Å². The van der Waals surface area contributed by atoms with E-state index in [2.05, 4.69) is 5.32 Å². The van der Waals surface area contributed by atoms with Gasteiger partial charge in [0.1, 0.15) is 30.0 Å². The summed E-state index contributed by atoms with van der Waals surface area (Å²) in [5, 5.41) is 3.03. The van der Waals surface area contributed by atoms with Crippen molar-refractivity contribution in [3.05, 3.63) is 163 Å². The van der Waals surface area contributed by atoms with E-state index in [1.165, 1.54) is 4.90 Å². The van der Waals surface area contributed by atoms with Gasteiger partial charge in [-0.05, 0) is 27.0 Å². The Morgan fingerprint density at radius 3 is 1.60 bits per heavy atom. The Labute approximate surface area is 354 Å². The molecule has 10 nitrogen and oxygen atoms in total. The van der Waals surface area contributed by atoms with Crippen molar-refractivity contribution in [3.63, 3.8) is 0 Å². The van der Waals surface area contributed by atoms with Crippen LogP contribution in [0.25, 0.3) is 0 Å². The van der Waals surface area contributed by atoms with E-state index in [0.717, 1.165) is 15.9 Å². The topological polar surface area (TPSA) is 128 Å². The summed E-state index contributed by atoms with van der Waals surface area (Å²) >= 11 is 17.6. The molecule has 0 aliphatic carbocycles. The number of nitrogens with zero attached hydrogens (tertiary/aromatic N) is 1. The number of hydrogen-bond acceptors (Lipinski definition) is 9. The third kappa shape index (κ3) is 10.3. The monoisotopic (exact) mass is 876 g/mol. The van der Waals surface area contributed by atoms with Gasteiger partial charge in [0.2, 0.25) is 14.8 Å². The third-order valence-corrected chi connectivity index (χ3v) is 14.5. The molecule has 1 heterocycles. The van der Waals surface area contributed by atoms with Crippen LogP contribution in [0.3, 0.4) is 0 Å². The van der Waals surface area contributed by atoms with Crippen molar-refractivity contribution in [1.29, 1.82) is 0 Å². The zero-order valence-corrected chi connectivity index (χ0v) is 34.6. The van der Waals surface area contributed by atoms with Crippen LogP contribution >= 0.6 is 53.5 Å². The van der Waals surface area contributed by atoms with Gasteiger partial charge in [-0.3, -0.25) is 19.3 Å². The number of carbonyl (C=O) groups excluding carboxylic acids is 5. The van der Waals surface area contributed by atoms with E-state index in [-0.39, 0.29) is 18.4 Å². The highest BCUT2D eigenvalue weighted by molar-refractivity contribution is 8.14. The van der Waals surface area contributed by atoms with Crippen LogP contribution in [0.5, 0.6) is 0 Å². The van der Waals surface area contributed by atoms with Gasteiger partial charge in [-0.25, -0.2) is 9.59 Å². The number of carbonyl (C=O) groups is 5. The Kier molecular flexibility index (Phi) is 14.4. The average molecular weight is 878 g/mol. The number of β-lactam (4-membered cyclic amide) rings is 1. The number of halogens is 3. The molecule has 6 rings (SSSR count). The maximum Gasteiger partial charge on any atom is 0.508 e. The molecule has 0 aromatic heterocycles. The lowest BCUT2D eigenvalue weighted by molar-refractivity contribution is -0.146. The Bertz CT molecular complexity index is 2180. The van der Waals surface area contributed by atoms with Gasteiger partial charge in [-0.2, -0.15) is 0 Å². The predicted octanol–water partition coefficient (Wildman–Crippen LogP) is 6.53. The molecule has 0 saturated carbocycles. The van der Waals surface area contributed by atoms with Crippen molar-refractivity contribution in [2.24, 2.45) is 0 Å². The van der Waals surface area contributed by atoms with Crippen LogP contribution in [0.1, 0.15) is 11.1 Å². The molecule has 5 aromatic carbocycles. The van der Waals surface area contributed by atoms with Gasteiger partial charge in [-0.1, -0.05) is 198 Å². The number of rotatable bonds is 14. The van der Waals surface area contributed by atoms with Crippen molar-refractivity contribution < 1.29 is 38.2 Å². The maximum atomic E-state index is 15.1. The zero-order chi connectivity index (χ0) is 41.1. The van der Waals surface area contributed by atoms with Gasteiger partial charge < -0.3 is 19.5 Å². The molecule has 0 unspecified atom stereocenters. The molecule has 1 aliphatic heterocycles. The largest absolute Gasteiger partial charge is 0.508 e. The summed E-state index contributed by atoms with van der Waals surface area (Å²) in [7, 11) is 0. The van der Waals surface area contributed by atoms with Crippen LogP contribution in [0, 0.1) is 0 Å². The van der Waals surface area contributed by atoms with Crippen LogP contribution in [0.2, 0.25) is 0 Å². The average Bonchev–Trinajstić information content (AvgIpc) is 3.24. The number of likely N-dealkylation sites (tertiary alicyclic amines) is 1. The standard InChI is InChI=1S/C43H36Cl3N2O8PS/c44-43(45,46)29-56-42(53)55-28-36(50)58-40-37(47-35(49)26-30-16-6-1-7-17-30)38(51)48(40)39(41(52)54-27-31-18-8-2-9-19-31)57(32-20-10-3-11-21-32,33-22-12-4-13-23-33)34-24-14-5-15-25-34/h1-25,37,40H,26-29H2,(H,47,49)/t37-,40-/m0/s1. The number of alkyl halides is 3. The molecule has 1 aliphatic rings. The van der Waals surface area contributed by atoms with Crippen molar-refractivity contribution in [1.82, 2.24) is 10.2 Å². The lowest BCUT2D eigenvalue weighted by atomic mass is 10.1. The molecule has 0 bridgehead atoms. The van der Waals surface area contributed by atoms with E-state index in [0.29, 0.717) is 22.9 Å². The summed E-state index contributed by atoms with van der Waals surface area (Å²) in [4.78, 5) is 70.6. The maximum absolute atomic E-state index is 15.1. The Morgan fingerprint density at radius 2 is 1.12 bits per heavy atom. The first-order valence-corrected chi connectivity index (χ1v) is 21.6. The molecule has 0 radical (unpaired) electrons. The zero-order valence-electron chi connectivity index (χ0n) is 30.6.